The van der Waals surface area contributed by atoms with Crippen LogP contribution in [0.2, 0.25) is 0 Å². The number of thiazole rings is 1. The minimum absolute atomic E-state index is 0.512. The molecule has 0 fully saturated rings. The van der Waals surface area contributed by atoms with Gasteiger partial charge in [-0.25, -0.2) is 9.36 Å². The molecule has 0 bridgehead atoms. The zero-order chi connectivity index (χ0) is 27.5. The topological polar surface area (TPSA) is 84.4 Å². The highest BCUT2D eigenvalue weighted by Gasteiger charge is 2.18. The second kappa shape index (κ2) is 11.1. The molecule has 0 amide bonds. The minimum Gasteiger partial charge on any atom is -0.497 e. The van der Waals surface area contributed by atoms with Gasteiger partial charge in [0.25, 0.3) is 0 Å². The summed E-state index contributed by atoms with van der Waals surface area (Å²) in [5.41, 5.74) is 5.09. The molecule has 2 aromatic heterocycles. The van der Waals surface area contributed by atoms with Crippen LogP contribution in [0.1, 0.15) is 5.56 Å². The number of nitrogens with zero attached hydrogens (tertiary/aromatic N) is 5. The first kappa shape index (κ1) is 25.4. The van der Waals surface area contributed by atoms with Crippen molar-refractivity contribution in [3.8, 4) is 51.2 Å². The van der Waals surface area contributed by atoms with Crippen LogP contribution in [0, 0.1) is 0 Å². The highest BCUT2D eigenvalue weighted by Crippen LogP contribution is 2.36. The Balaban J connectivity index is 1.47. The van der Waals surface area contributed by atoms with Gasteiger partial charge in [-0.05, 0) is 48.5 Å². The summed E-state index contributed by atoms with van der Waals surface area (Å²) in [6.45, 7) is 1.05. The quantitative estimate of drug-likeness (QED) is 0.257. The Labute approximate surface area is 235 Å². The molecule has 0 unspecified atom stereocenters. The molecular weight excluding hydrogens is 526 g/mol. The Morgan fingerprint density at radius 3 is 2.55 bits per heavy atom. The van der Waals surface area contributed by atoms with Crippen molar-refractivity contribution < 1.29 is 18.9 Å². The van der Waals surface area contributed by atoms with Crippen LogP contribution in [-0.2, 0) is 0 Å². The van der Waals surface area contributed by atoms with Crippen molar-refractivity contribution in [1.29, 1.82) is 0 Å². The molecular formula is C30H27N5O4S. The van der Waals surface area contributed by atoms with Crippen LogP contribution < -0.4 is 23.7 Å². The Morgan fingerprint density at radius 2 is 1.77 bits per heavy atom. The second-order valence-corrected chi connectivity index (χ2v) is 9.66. The molecule has 0 saturated heterocycles. The number of rotatable bonds is 7. The van der Waals surface area contributed by atoms with Crippen molar-refractivity contribution >= 4 is 17.6 Å². The van der Waals surface area contributed by atoms with Gasteiger partial charge >= 0.3 is 0 Å². The first-order valence-electron chi connectivity index (χ1n) is 12.6. The largest absolute Gasteiger partial charge is 0.497 e. The van der Waals surface area contributed by atoms with E-state index in [4.69, 9.17) is 29.1 Å². The molecule has 0 saturated carbocycles. The van der Waals surface area contributed by atoms with E-state index in [1.807, 2.05) is 83.0 Å². The molecule has 0 N–H and O–H groups in total. The highest BCUT2D eigenvalue weighted by atomic mass is 32.1. The van der Waals surface area contributed by atoms with E-state index in [2.05, 4.69) is 4.99 Å². The van der Waals surface area contributed by atoms with Crippen molar-refractivity contribution in [1.82, 2.24) is 14.5 Å². The summed E-state index contributed by atoms with van der Waals surface area (Å²) in [4.78, 5) is 5.18. The maximum Gasteiger partial charge on any atom is 0.205 e. The number of aromatic nitrogens is 3. The lowest BCUT2D eigenvalue weighted by Gasteiger charge is -2.18. The number of methoxy groups -OCH3 is 2. The predicted octanol–water partition coefficient (Wildman–Crippen LogP) is 5.27. The van der Waals surface area contributed by atoms with Crippen LogP contribution in [0.25, 0.3) is 28.2 Å². The van der Waals surface area contributed by atoms with Crippen molar-refractivity contribution in [3.63, 3.8) is 0 Å². The maximum absolute atomic E-state index is 5.84. The number of para-hydroxylation sites is 1. The Bertz CT molecular complexity index is 1750. The standard InChI is InChI=1S/C30H27N5O4S/c1-31-30-35(25(19-40-30)24-16-23(36-2)10-12-26(24)37-3)32-17-21-18-34(22-7-5-4-6-8-22)33-29(21)20-9-11-27-28(15-20)39-14-13-38-27/h4-12,15-19H,13-14H2,1-3H3. The van der Waals surface area contributed by atoms with Crippen molar-refractivity contribution in [3.05, 3.63) is 88.7 Å². The molecule has 10 heteroatoms. The normalized spacial score (nSPS) is 13.1. The van der Waals surface area contributed by atoms with E-state index in [1.165, 1.54) is 11.3 Å². The third-order valence-corrected chi connectivity index (χ3v) is 7.36. The van der Waals surface area contributed by atoms with E-state index in [9.17, 15) is 0 Å². The fraction of sp³-hybridized carbons (Fsp3) is 0.167. The molecule has 5 aromatic rings. The Hall–Kier alpha value is -4.83. The van der Waals surface area contributed by atoms with Gasteiger partial charge in [0.15, 0.2) is 11.5 Å². The summed E-state index contributed by atoms with van der Waals surface area (Å²) < 4.78 is 26.3. The summed E-state index contributed by atoms with van der Waals surface area (Å²) in [6.07, 6.45) is 3.77. The molecule has 9 nitrogen and oxygen atoms in total. The molecule has 0 spiro atoms. The van der Waals surface area contributed by atoms with Crippen LogP contribution in [0.5, 0.6) is 23.0 Å². The maximum atomic E-state index is 5.84. The van der Waals surface area contributed by atoms with Gasteiger partial charge in [-0.15, -0.1) is 11.3 Å². The van der Waals surface area contributed by atoms with Gasteiger partial charge in [0, 0.05) is 35.3 Å². The number of hydrogen-bond donors (Lipinski definition) is 0. The lowest BCUT2D eigenvalue weighted by molar-refractivity contribution is 0.171. The van der Waals surface area contributed by atoms with Crippen molar-refractivity contribution in [2.45, 2.75) is 0 Å². The van der Waals surface area contributed by atoms with E-state index in [-0.39, 0.29) is 0 Å². The van der Waals surface area contributed by atoms with Crippen LogP contribution in [0.15, 0.2) is 88.4 Å². The average Bonchev–Trinajstić information content (AvgIpc) is 3.64. The summed E-state index contributed by atoms with van der Waals surface area (Å²) in [5.74, 6) is 2.86. The van der Waals surface area contributed by atoms with Gasteiger partial charge in [-0.2, -0.15) is 10.2 Å². The molecule has 1 aliphatic rings. The third kappa shape index (κ3) is 4.85. The van der Waals surface area contributed by atoms with E-state index >= 15 is 0 Å². The number of benzene rings is 3. The van der Waals surface area contributed by atoms with Gasteiger partial charge in [0.1, 0.15) is 30.4 Å². The van der Waals surface area contributed by atoms with E-state index in [1.54, 1.807) is 32.2 Å². The molecule has 3 heterocycles. The molecule has 0 aliphatic carbocycles. The minimum atomic E-state index is 0.512. The van der Waals surface area contributed by atoms with E-state index in [0.717, 1.165) is 50.1 Å². The fourth-order valence-electron chi connectivity index (χ4n) is 4.49. The molecule has 40 heavy (non-hydrogen) atoms. The summed E-state index contributed by atoms with van der Waals surface area (Å²) in [7, 11) is 5.04. The van der Waals surface area contributed by atoms with Crippen LogP contribution in [-0.4, -0.2) is 55.2 Å². The van der Waals surface area contributed by atoms with Gasteiger partial charge in [-0.1, -0.05) is 18.2 Å². The number of hydrogen-bond acceptors (Lipinski definition) is 8. The van der Waals surface area contributed by atoms with Gasteiger partial charge in [-0.3, -0.25) is 4.99 Å². The first-order valence-corrected chi connectivity index (χ1v) is 13.5. The van der Waals surface area contributed by atoms with Gasteiger partial charge in [0.05, 0.1) is 31.8 Å². The first-order chi connectivity index (χ1) is 19.7. The molecule has 6 rings (SSSR count). The molecule has 202 valence electrons. The van der Waals surface area contributed by atoms with E-state index in [0.29, 0.717) is 24.7 Å². The number of ether oxygens (including phenoxy) is 4. The Morgan fingerprint density at radius 1 is 0.950 bits per heavy atom. The van der Waals surface area contributed by atoms with Crippen LogP contribution in [0.4, 0.5) is 0 Å². The Kier molecular flexibility index (Phi) is 7.07. The predicted molar refractivity (Wildman–Crippen MR) is 155 cm³/mol. The lowest BCUT2D eigenvalue weighted by atomic mass is 10.1. The van der Waals surface area contributed by atoms with Gasteiger partial charge in [0.2, 0.25) is 4.80 Å². The molecule has 0 atom stereocenters. The molecule has 3 aromatic carbocycles. The number of fused-ring (bicyclic) bond motifs is 1. The zero-order valence-electron chi connectivity index (χ0n) is 22.3. The second-order valence-electron chi connectivity index (χ2n) is 8.82. The molecule has 1 aliphatic heterocycles. The van der Waals surface area contributed by atoms with Gasteiger partial charge < -0.3 is 18.9 Å². The fourth-order valence-corrected chi connectivity index (χ4v) is 5.29. The van der Waals surface area contributed by atoms with Crippen molar-refractivity contribution in [2.75, 3.05) is 34.5 Å². The summed E-state index contributed by atoms with van der Waals surface area (Å²) >= 11 is 1.49. The lowest BCUT2D eigenvalue weighted by Crippen LogP contribution is -2.15. The van der Waals surface area contributed by atoms with E-state index < -0.39 is 0 Å². The van der Waals surface area contributed by atoms with Crippen LogP contribution in [0.3, 0.4) is 0 Å². The average molecular weight is 554 g/mol. The summed E-state index contributed by atoms with van der Waals surface area (Å²) in [5, 5.41) is 11.8. The highest BCUT2D eigenvalue weighted by molar-refractivity contribution is 7.07. The smallest absolute Gasteiger partial charge is 0.205 e. The molecule has 0 radical (unpaired) electrons. The zero-order valence-corrected chi connectivity index (χ0v) is 23.1. The summed E-state index contributed by atoms with van der Waals surface area (Å²) in [6, 6.07) is 21.5. The monoisotopic (exact) mass is 553 g/mol. The van der Waals surface area contributed by atoms with Crippen molar-refractivity contribution in [2.24, 2.45) is 10.1 Å². The van der Waals surface area contributed by atoms with Crippen LogP contribution >= 0.6 is 11.3 Å². The third-order valence-electron chi connectivity index (χ3n) is 6.45. The SMILES string of the molecule is CN=c1scc(-c2cc(OC)ccc2OC)n1N=Cc1cn(-c2ccccc2)nc1-c1ccc2c(c1)OCCO2.